The Labute approximate surface area is 138 Å². The van der Waals surface area contributed by atoms with Crippen molar-refractivity contribution in [3.8, 4) is 0 Å². The highest BCUT2D eigenvalue weighted by molar-refractivity contribution is 6.30. The number of quaternary nitrogens is 1. The van der Waals surface area contributed by atoms with E-state index in [0.717, 1.165) is 29.1 Å². The normalized spacial score (nSPS) is 28.0. The maximum atomic E-state index is 12.3. The Balaban J connectivity index is 1.50. The molecule has 1 aromatic rings. The lowest BCUT2D eigenvalue weighted by molar-refractivity contribution is -0.928. The van der Waals surface area contributed by atoms with E-state index in [1.807, 2.05) is 24.3 Å². The Kier molecular flexibility index (Phi) is 5.37. The summed E-state index contributed by atoms with van der Waals surface area (Å²) in [4.78, 5) is 13.8. The molecule has 120 valence electrons. The highest BCUT2D eigenvalue weighted by Crippen LogP contribution is 2.28. The predicted molar refractivity (Wildman–Crippen MR) is 89.0 cm³/mol. The zero-order chi connectivity index (χ0) is 15.4. The molecule has 3 rings (SSSR count). The van der Waals surface area contributed by atoms with Crippen molar-refractivity contribution in [3.05, 3.63) is 34.9 Å². The van der Waals surface area contributed by atoms with Gasteiger partial charge in [0, 0.05) is 17.5 Å². The summed E-state index contributed by atoms with van der Waals surface area (Å²) in [6, 6.07) is 8.41. The lowest BCUT2D eigenvalue weighted by atomic mass is 9.78. The molecule has 22 heavy (non-hydrogen) atoms. The van der Waals surface area contributed by atoms with Gasteiger partial charge in [-0.2, -0.15) is 0 Å². The quantitative estimate of drug-likeness (QED) is 0.876. The molecule has 1 saturated heterocycles. The monoisotopic (exact) mass is 321 g/mol. The Morgan fingerprint density at radius 3 is 2.91 bits per heavy atom. The van der Waals surface area contributed by atoms with Crippen LogP contribution in [0.2, 0.25) is 5.02 Å². The zero-order valence-electron chi connectivity index (χ0n) is 13.1. The van der Waals surface area contributed by atoms with Gasteiger partial charge in [0.15, 0.2) is 6.54 Å². The van der Waals surface area contributed by atoms with Crippen molar-refractivity contribution in [2.75, 3.05) is 13.1 Å². The van der Waals surface area contributed by atoms with Crippen molar-refractivity contribution in [1.82, 2.24) is 5.32 Å². The van der Waals surface area contributed by atoms with Gasteiger partial charge in [-0.3, -0.25) is 4.79 Å². The highest BCUT2D eigenvalue weighted by atomic mass is 35.5. The largest absolute Gasteiger partial charge is 0.347 e. The fourth-order valence-corrected chi connectivity index (χ4v) is 4.42. The molecule has 0 radical (unpaired) electrons. The number of hydrogen-bond acceptors (Lipinski definition) is 1. The summed E-state index contributed by atoms with van der Waals surface area (Å²) < 4.78 is 0. The van der Waals surface area contributed by atoms with Crippen molar-refractivity contribution >= 4 is 17.5 Å². The third-order valence-electron chi connectivity index (χ3n) is 5.27. The fourth-order valence-electron chi connectivity index (χ4n) is 4.20. The average Bonchev–Trinajstić information content (AvgIpc) is 2.53. The minimum absolute atomic E-state index is 0.168. The van der Waals surface area contributed by atoms with E-state index in [9.17, 15) is 4.79 Å². The van der Waals surface area contributed by atoms with E-state index in [2.05, 4.69) is 5.32 Å². The number of halogens is 1. The van der Waals surface area contributed by atoms with E-state index in [0.29, 0.717) is 13.1 Å². The van der Waals surface area contributed by atoms with E-state index in [1.54, 1.807) is 0 Å². The third-order valence-corrected chi connectivity index (χ3v) is 5.51. The molecule has 1 aliphatic heterocycles. The predicted octanol–water partition coefficient (Wildman–Crippen LogP) is 2.19. The molecule has 1 aliphatic carbocycles. The summed E-state index contributed by atoms with van der Waals surface area (Å²) in [5, 5.41) is 3.77. The molecule has 1 amide bonds. The van der Waals surface area contributed by atoms with Gasteiger partial charge in [-0.05, 0) is 49.8 Å². The van der Waals surface area contributed by atoms with E-state index >= 15 is 0 Å². The van der Waals surface area contributed by atoms with Crippen molar-refractivity contribution in [1.29, 1.82) is 0 Å². The first-order valence-electron chi connectivity index (χ1n) is 8.58. The van der Waals surface area contributed by atoms with Crippen LogP contribution in [0.4, 0.5) is 0 Å². The second-order valence-electron chi connectivity index (χ2n) is 6.78. The summed E-state index contributed by atoms with van der Waals surface area (Å²) in [6.45, 7) is 2.36. The van der Waals surface area contributed by atoms with Gasteiger partial charge in [0.25, 0.3) is 5.91 Å². The van der Waals surface area contributed by atoms with Crippen molar-refractivity contribution in [2.24, 2.45) is 5.92 Å². The maximum absolute atomic E-state index is 12.3. The molecule has 4 heteroatoms. The van der Waals surface area contributed by atoms with Gasteiger partial charge in [0.1, 0.15) is 0 Å². The van der Waals surface area contributed by atoms with Gasteiger partial charge < -0.3 is 10.2 Å². The fraction of sp³-hybridized carbons (Fsp3) is 0.611. The SMILES string of the molecule is O=C(C[NH+]1CCC[C@@H]2CCCC[C@@H]21)NCc1cccc(Cl)c1. The molecule has 3 atom stereocenters. The molecule has 0 aromatic heterocycles. The van der Waals surface area contributed by atoms with Gasteiger partial charge in [-0.25, -0.2) is 0 Å². The van der Waals surface area contributed by atoms with Gasteiger partial charge in [-0.1, -0.05) is 30.2 Å². The number of carbonyl (C=O) groups is 1. The Morgan fingerprint density at radius 2 is 2.05 bits per heavy atom. The molecule has 1 saturated carbocycles. The molecule has 0 spiro atoms. The van der Waals surface area contributed by atoms with Gasteiger partial charge >= 0.3 is 0 Å². The second-order valence-corrected chi connectivity index (χ2v) is 7.22. The van der Waals surface area contributed by atoms with Gasteiger partial charge in [-0.15, -0.1) is 0 Å². The van der Waals surface area contributed by atoms with Gasteiger partial charge in [0.05, 0.1) is 12.6 Å². The number of fused-ring (bicyclic) bond motifs is 1. The van der Waals surface area contributed by atoms with Gasteiger partial charge in [0.2, 0.25) is 0 Å². The first-order valence-corrected chi connectivity index (χ1v) is 8.96. The minimum atomic E-state index is 0.168. The molecule has 2 N–H and O–H groups in total. The molecule has 0 bridgehead atoms. The van der Waals surface area contributed by atoms with E-state index in [1.165, 1.54) is 43.4 Å². The molecule has 1 aromatic carbocycles. The number of hydrogen-bond donors (Lipinski definition) is 2. The highest BCUT2D eigenvalue weighted by Gasteiger charge is 2.37. The van der Waals surface area contributed by atoms with E-state index in [4.69, 9.17) is 11.6 Å². The standard InChI is InChI=1S/C18H25ClN2O/c19-16-8-3-5-14(11-16)12-20-18(22)13-21-10-4-7-15-6-1-2-9-17(15)21/h3,5,8,11,15,17H,1-2,4,6-7,9-10,12-13H2,(H,20,22)/p+1/t15-,17-/m0/s1. The number of amides is 1. The number of likely N-dealkylation sites (tertiary alicyclic amines) is 1. The number of nitrogens with one attached hydrogen (secondary N) is 2. The van der Waals surface area contributed by atoms with E-state index in [-0.39, 0.29) is 5.91 Å². The molecule has 1 unspecified atom stereocenters. The molecule has 2 fully saturated rings. The average molecular weight is 322 g/mol. The molecular formula is C18H26ClN2O+. The molecule has 1 heterocycles. The summed E-state index contributed by atoms with van der Waals surface area (Å²) in [7, 11) is 0. The third kappa shape index (κ3) is 4.02. The van der Waals surface area contributed by atoms with Crippen molar-refractivity contribution in [3.63, 3.8) is 0 Å². The number of piperidine rings is 1. The van der Waals surface area contributed by atoms with E-state index < -0.39 is 0 Å². The number of carbonyl (C=O) groups excluding carboxylic acids is 1. The molecule has 2 aliphatic rings. The lowest BCUT2D eigenvalue weighted by Gasteiger charge is -2.40. The summed E-state index contributed by atoms with van der Waals surface area (Å²) in [5.41, 5.74) is 1.06. The van der Waals surface area contributed by atoms with Crippen LogP contribution < -0.4 is 10.2 Å². The van der Waals surface area contributed by atoms with Crippen LogP contribution in [-0.2, 0) is 11.3 Å². The summed E-state index contributed by atoms with van der Waals surface area (Å²) >= 11 is 5.98. The minimum Gasteiger partial charge on any atom is -0.347 e. The van der Waals surface area contributed by atoms with Crippen LogP contribution in [-0.4, -0.2) is 25.0 Å². The Morgan fingerprint density at radius 1 is 1.23 bits per heavy atom. The van der Waals surface area contributed by atoms with Crippen LogP contribution >= 0.6 is 11.6 Å². The van der Waals surface area contributed by atoms with Crippen LogP contribution in [0.5, 0.6) is 0 Å². The van der Waals surface area contributed by atoms with Crippen LogP contribution in [0.25, 0.3) is 0 Å². The smallest absolute Gasteiger partial charge is 0.275 e. The first kappa shape index (κ1) is 15.8. The lowest BCUT2D eigenvalue weighted by Crippen LogP contribution is -3.18. The van der Waals surface area contributed by atoms with Crippen LogP contribution in [0.15, 0.2) is 24.3 Å². The number of rotatable bonds is 4. The summed E-state index contributed by atoms with van der Waals surface area (Å²) in [6.07, 6.45) is 8.06. The Hall–Kier alpha value is -1.06. The van der Waals surface area contributed by atoms with Crippen LogP contribution in [0.1, 0.15) is 44.1 Å². The van der Waals surface area contributed by atoms with Crippen molar-refractivity contribution < 1.29 is 9.69 Å². The van der Waals surface area contributed by atoms with Crippen LogP contribution in [0.3, 0.4) is 0 Å². The first-order chi connectivity index (χ1) is 10.7. The number of benzene rings is 1. The zero-order valence-corrected chi connectivity index (χ0v) is 13.9. The molecule has 3 nitrogen and oxygen atoms in total. The molecular weight excluding hydrogens is 296 g/mol. The second kappa shape index (κ2) is 7.47. The topological polar surface area (TPSA) is 33.5 Å². The summed E-state index contributed by atoms with van der Waals surface area (Å²) in [5.74, 6) is 1.03. The van der Waals surface area contributed by atoms with Crippen molar-refractivity contribution in [2.45, 2.75) is 51.1 Å². The Bertz CT molecular complexity index is 518. The maximum Gasteiger partial charge on any atom is 0.275 e. The van der Waals surface area contributed by atoms with Crippen LogP contribution in [0, 0.1) is 5.92 Å².